The number of para-hydroxylation sites is 1. The Labute approximate surface area is 115 Å². The van der Waals surface area contributed by atoms with E-state index in [0.717, 1.165) is 16.7 Å². The quantitative estimate of drug-likeness (QED) is 0.806. The third-order valence-corrected chi connectivity index (χ3v) is 3.30. The first-order valence-electron chi connectivity index (χ1n) is 6.54. The first-order valence-corrected chi connectivity index (χ1v) is 6.54. The normalized spacial score (nSPS) is 21.1. The van der Waals surface area contributed by atoms with E-state index < -0.39 is 0 Å². The molecule has 1 aromatic rings. The fourth-order valence-electron chi connectivity index (χ4n) is 2.18. The van der Waals surface area contributed by atoms with Crippen molar-refractivity contribution in [2.24, 2.45) is 5.73 Å². The molecule has 1 atom stereocenters. The van der Waals surface area contributed by atoms with Crippen LogP contribution in [-0.2, 0) is 5.41 Å². The van der Waals surface area contributed by atoms with Gasteiger partial charge in [0.2, 0.25) is 0 Å². The minimum absolute atomic E-state index is 0.0803. The van der Waals surface area contributed by atoms with Gasteiger partial charge in [0.15, 0.2) is 0 Å². The van der Waals surface area contributed by atoms with Crippen molar-refractivity contribution in [3.63, 3.8) is 0 Å². The number of phenols is 1. The monoisotopic (exact) mass is 255 g/mol. The molecule has 0 aliphatic heterocycles. The molecular formula is C17H21NO. The highest BCUT2D eigenvalue weighted by Gasteiger charge is 2.19. The molecule has 1 aliphatic rings. The molecule has 0 fully saturated rings. The SMILES string of the molecule is CC(C)(C)c1cccc(C=C2C=CC=CC2N)c1O. The fourth-order valence-corrected chi connectivity index (χ4v) is 2.18. The van der Waals surface area contributed by atoms with Crippen molar-refractivity contribution in [2.75, 3.05) is 0 Å². The molecule has 0 amide bonds. The molecule has 2 rings (SSSR count). The Morgan fingerprint density at radius 3 is 2.58 bits per heavy atom. The molecule has 2 heteroatoms. The summed E-state index contributed by atoms with van der Waals surface area (Å²) in [5.74, 6) is 0.345. The van der Waals surface area contributed by atoms with Gasteiger partial charge in [0, 0.05) is 11.6 Å². The van der Waals surface area contributed by atoms with Crippen LogP contribution in [0, 0.1) is 0 Å². The van der Waals surface area contributed by atoms with Crippen molar-refractivity contribution in [3.8, 4) is 5.75 Å². The molecule has 0 heterocycles. The van der Waals surface area contributed by atoms with Gasteiger partial charge in [-0.25, -0.2) is 0 Å². The van der Waals surface area contributed by atoms with E-state index >= 15 is 0 Å². The van der Waals surface area contributed by atoms with Gasteiger partial charge in [-0.1, -0.05) is 63.3 Å². The Balaban J connectivity index is 2.45. The Morgan fingerprint density at radius 2 is 1.95 bits per heavy atom. The van der Waals surface area contributed by atoms with Gasteiger partial charge in [0.1, 0.15) is 5.75 Å². The lowest BCUT2D eigenvalue weighted by atomic mass is 9.85. The van der Waals surface area contributed by atoms with Crippen LogP contribution < -0.4 is 5.73 Å². The average Bonchev–Trinajstić information content (AvgIpc) is 2.33. The summed E-state index contributed by atoms with van der Waals surface area (Å²) >= 11 is 0. The van der Waals surface area contributed by atoms with E-state index in [1.54, 1.807) is 0 Å². The van der Waals surface area contributed by atoms with Gasteiger partial charge in [0.05, 0.1) is 0 Å². The van der Waals surface area contributed by atoms with E-state index in [1.165, 1.54) is 0 Å². The minimum Gasteiger partial charge on any atom is -0.507 e. The van der Waals surface area contributed by atoms with Crippen molar-refractivity contribution in [1.29, 1.82) is 0 Å². The first kappa shape index (κ1) is 13.6. The third kappa shape index (κ3) is 2.96. The highest BCUT2D eigenvalue weighted by molar-refractivity contribution is 5.66. The predicted molar refractivity (Wildman–Crippen MR) is 81.0 cm³/mol. The largest absolute Gasteiger partial charge is 0.507 e. The van der Waals surface area contributed by atoms with E-state index in [2.05, 4.69) is 20.8 Å². The van der Waals surface area contributed by atoms with E-state index in [9.17, 15) is 5.11 Å². The van der Waals surface area contributed by atoms with Crippen LogP contribution in [0.2, 0.25) is 0 Å². The van der Waals surface area contributed by atoms with Gasteiger partial charge in [0.25, 0.3) is 0 Å². The first-order chi connectivity index (χ1) is 8.89. The zero-order chi connectivity index (χ0) is 14.0. The lowest BCUT2D eigenvalue weighted by Gasteiger charge is -2.21. The molecule has 1 unspecified atom stereocenters. The molecule has 19 heavy (non-hydrogen) atoms. The summed E-state index contributed by atoms with van der Waals surface area (Å²) in [5, 5.41) is 10.4. The molecule has 2 nitrogen and oxygen atoms in total. The molecule has 0 saturated carbocycles. The Morgan fingerprint density at radius 1 is 1.21 bits per heavy atom. The number of allylic oxidation sites excluding steroid dienone is 2. The van der Waals surface area contributed by atoms with Gasteiger partial charge >= 0.3 is 0 Å². The van der Waals surface area contributed by atoms with E-state index in [1.807, 2.05) is 48.6 Å². The lowest BCUT2D eigenvalue weighted by Crippen LogP contribution is -2.19. The van der Waals surface area contributed by atoms with E-state index in [4.69, 9.17) is 5.73 Å². The van der Waals surface area contributed by atoms with Crippen LogP contribution in [0.4, 0.5) is 0 Å². The van der Waals surface area contributed by atoms with Crippen molar-refractivity contribution >= 4 is 6.08 Å². The van der Waals surface area contributed by atoms with Gasteiger partial charge in [-0.2, -0.15) is 0 Å². The summed E-state index contributed by atoms with van der Waals surface area (Å²) in [7, 11) is 0. The number of hydrogen-bond acceptors (Lipinski definition) is 2. The molecule has 0 radical (unpaired) electrons. The van der Waals surface area contributed by atoms with Crippen LogP contribution in [-0.4, -0.2) is 11.1 Å². The second-order valence-corrected chi connectivity index (χ2v) is 5.91. The number of aromatic hydroxyl groups is 1. The van der Waals surface area contributed by atoms with Crippen LogP contribution in [0.25, 0.3) is 6.08 Å². The van der Waals surface area contributed by atoms with Crippen molar-refractivity contribution < 1.29 is 5.11 Å². The summed E-state index contributed by atoms with van der Waals surface area (Å²) in [6.45, 7) is 6.27. The van der Waals surface area contributed by atoms with Crippen LogP contribution in [0.5, 0.6) is 5.75 Å². The highest BCUT2D eigenvalue weighted by atomic mass is 16.3. The summed E-state index contributed by atoms with van der Waals surface area (Å²) in [5.41, 5.74) is 8.70. The number of hydrogen-bond donors (Lipinski definition) is 2. The molecule has 0 bridgehead atoms. The molecule has 3 N–H and O–H groups in total. The Hall–Kier alpha value is -1.80. The molecule has 0 aromatic heterocycles. The van der Waals surface area contributed by atoms with E-state index in [0.29, 0.717) is 5.75 Å². The smallest absolute Gasteiger partial charge is 0.126 e. The Kier molecular flexibility index (Phi) is 3.63. The highest BCUT2D eigenvalue weighted by Crippen LogP contribution is 2.34. The zero-order valence-corrected chi connectivity index (χ0v) is 11.7. The predicted octanol–water partition coefficient (Wildman–Crippen LogP) is 3.53. The maximum Gasteiger partial charge on any atom is 0.126 e. The number of phenolic OH excluding ortho intramolecular Hbond substituents is 1. The number of rotatable bonds is 1. The molecule has 1 aromatic carbocycles. The lowest BCUT2D eigenvalue weighted by molar-refractivity contribution is 0.445. The topological polar surface area (TPSA) is 46.2 Å². The maximum atomic E-state index is 10.4. The third-order valence-electron chi connectivity index (χ3n) is 3.30. The average molecular weight is 255 g/mol. The van der Waals surface area contributed by atoms with Crippen molar-refractivity contribution in [3.05, 3.63) is 59.2 Å². The summed E-state index contributed by atoms with van der Waals surface area (Å²) in [6.07, 6.45) is 9.77. The standard InChI is InChI=1S/C17H21NO/c1-17(2,3)14-9-6-8-13(16(14)19)11-12-7-4-5-10-15(12)18/h4-11,15,19H,18H2,1-3H3. The molecule has 0 spiro atoms. The molecular weight excluding hydrogens is 234 g/mol. The van der Waals surface area contributed by atoms with Gasteiger partial charge in [-0.15, -0.1) is 0 Å². The number of nitrogens with two attached hydrogens (primary N) is 1. The second-order valence-electron chi connectivity index (χ2n) is 5.91. The van der Waals surface area contributed by atoms with Gasteiger partial charge < -0.3 is 10.8 Å². The van der Waals surface area contributed by atoms with Gasteiger partial charge in [-0.3, -0.25) is 0 Å². The fraction of sp³-hybridized carbons (Fsp3) is 0.294. The zero-order valence-electron chi connectivity index (χ0n) is 11.7. The van der Waals surface area contributed by atoms with Crippen molar-refractivity contribution in [2.45, 2.75) is 32.2 Å². The van der Waals surface area contributed by atoms with E-state index in [-0.39, 0.29) is 11.5 Å². The number of benzene rings is 1. The van der Waals surface area contributed by atoms with Crippen LogP contribution in [0.1, 0.15) is 31.9 Å². The Bertz CT molecular complexity index is 559. The molecule has 0 saturated heterocycles. The molecule has 100 valence electrons. The van der Waals surface area contributed by atoms with Crippen molar-refractivity contribution in [1.82, 2.24) is 0 Å². The van der Waals surface area contributed by atoms with Crippen LogP contribution in [0.3, 0.4) is 0 Å². The summed E-state index contributed by atoms with van der Waals surface area (Å²) in [4.78, 5) is 0. The van der Waals surface area contributed by atoms with Gasteiger partial charge in [-0.05, 0) is 22.6 Å². The van der Waals surface area contributed by atoms with Crippen LogP contribution in [0.15, 0.2) is 48.1 Å². The maximum absolute atomic E-state index is 10.4. The van der Waals surface area contributed by atoms with Crippen LogP contribution >= 0.6 is 0 Å². The second kappa shape index (κ2) is 5.06. The summed E-state index contributed by atoms with van der Waals surface area (Å²) in [6, 6.07) is 5.74. The summed E-state index contributed by atoms with van der Waals surface area (Å²) < 4.78 is 0. The molecule has 1 aliphatic carbocycles. The minimum atomic E-state index is -0.109.